The molecule has 0 saturated carbocycles. The Morgan fingerprint density at radius 1 is 1.00 bits per heavy atom. The van der Waals surface area contributed by atoms with E-state index in [2.05, 4.69) is 0 Å². The van der Waals surface area contributed by atoms with Gasteiger partial charge in [-0.3, -0.25) is 4.79 Å². The molecule has 0 atom stereocenters. The minimum atomic E-state index is -5.04. The van der Waals surface area contributed by atoms with Crippen LogP contribution in [-0.4, -0.2) is 19.8 Å². The largest absolute Gasteiger partial charge is 0.467 e. The summed E-state index contributed by atoms with van der Waals surface area (Å²) in [5.41, 5.74) is -4.00. The Morgan fingerprint density at radius 2 is 1.57 bits per heavy atom. The molecule has 0 bridgehead atoms. The molecule has 0 heterocycles. The normalized spacial score (nSPS) is 12.0. The van der Waals surface area contributed by atoms with Crippen molar-refractivity contribution >= 4 is 23.2 Å². The predicted molar refractivity (Wildman–Crippen MR) is 88.4 cm³/mol. The maximum Gasteiger partial charge on any atom is 0.416 e. The standard InChI is InChI=1S/C17H12ClF6NO3/c1-27-8-28-14-3-2-11(18)7-13(14)15(26)25-12-5-9(16(19,20)21)4-10(6-12)17(22,23)24/h2-7H,8H2,1H3,(H,25,26). The van der Waals surface area contributed by atoms with Gasteiger partial charge in [-0.25, -0.2) is 0 Å². The highest BCUT2D eigenvalue weighted by Crippen LogP contribution is 2.37. The number of methoxy groups -OCH3 is 1. The smallest absolute Gasteiger partial charge is 0.416 e. The second-order valence-electron chi connectivity index (χ2n) is 5.44. The molecule has 0 fully saturated rings. The summed E-state index contributed by atoms with van der Waals surface area (Å²) in [6.45, 7) is -0.246. The van der Waals surface area contributed by atoms with Crippen molar-refractivity contribution < 1.29 is 40.6 Å². The lowest BCUT2D eigenvalue weighted by Crippen LogP contribution is -2.17. The number of ether oxygens (including phenoxy) is 2. The van der Waals surface area contributed by atoms with Crippen LogP contribution < -0.4 is 10.1 Å². The maximum atomic E-state index is 12.9. The molecule has 11 heteroatoms. The number of alkyl halides is 6. The molecule has 1 N–H and O–H groups in total. The molecule has 2 aromatic rings. The number of nitrogens with one attached hydrogen (secondary N) is 1. The van der Waals surface area contributed by atoms with Crippen molar-refractivity contribution in [1.29, 1.82) is 0 Å². The van der Waals surface area contributed by atoms with Crippen molar-refractivity contribution in [3.8, 4) is 5.75 Å². The first kappa shape index (κ1) is 21.8. The number of hydrogen-bond donors (Lipinski definition) is 1. The van der Waals surface area contributed by atoms with Crippen molar-refractivity contribution in [3.05, 3.63) is 58.1 Å². The number of hydrogen-bond acceptors (Lipinski definition) is 3. The van der Waals surface area contributed by atoms with E-state index in [1.54, 1.807) is 0 Å². The first-order valence-corrected chi connectivity index (χ1v) is 7.81. The van der Waals surface area contributed by atoms with Gasteiger partial charge in [-0.15, -0.1) is 0 Å². The molecule has 0 radical (unpaired) electrons. The summed E-state index contributed by atoms with van der Waals surface area (Å²) in [4.78, 5) is 12.4. The zero-order valence-electron chi connectivity index (χ0n) is 14.0. The second-order valence-corrected chi connectivity index (χ2v) is 5.88. The SMILES string of the molecule is COCOc1ccc(Cl)cc1C(=O)Nc1cc(C(F)(F)F)cc(C(F)(F)F)c1. The van der Waals surface area contributed by atoms with Gasteiger partial charge in [0.25, 0.3) is 5.91 Å². The van der Waals surface area contributed by atoms with E-state index in [-0.39, 0.29) is 29.2 Å². The minimum absolute atomic E-state index is 0.0215. The molecule has 0 aliphatic rings. The van der Waals surface area contributed by atoms with Crippen LogP contribution in [0.4, 0.5) is 32.0 Å². The third-order valence-electron chi connectivity index (χ3n) is 3.36. The van der Waals surface area contributed by atoms with Gasteiger partial charge in [0, 0.05) is 17.8 Å². The molecule has 0 spiro atoms. The maximum absolute atomic E-state index is 12.9. The number of carbonyl (C=O) groups excluding carboxylic acids is 1. The Kier molecular flexibility index (Phi) is 6.45. The van der Waals surface area contributed by atoms with Crippen LogP contribution in [0.1, 0.15) is 21.5 Å². The lowest BCUT2D eigenvalue weighted by atomic mass is 10.1. The number of halogens is 7. The van der Waals surface area contributed by atoms with Gasteiger partial charge in [-0.05, 0) is 36.4 Å². The Balaban J connectivity index is 2.42. The quantitative estimate of drug-likeness (QED) is 0.498. The molecule has 0 saturated heterocycles. The Morgan fingerprint density at radius 3 is 2.07 bits per heavy atom. The lowest BCUT2D eigenvalue weighted by Gasteiger charge is -2.16. The Hall–Kier alpha value is -2.46. The molecule has 4 nitrogen and oxygen atoms in total. The van der Waals surface area contributed by atoms with Crippen molar-refractivity contribution in [2.45, 2.75) is 12.4 Å². The molecule has 0 aliphatic carbocycles. The topological polar surface area (TPSA) is 47.6 Å². The first-order chi connectivity index (χ1) is 12.9. The van der Waals surface area contributed by atoms with Gasteiger partial charge in [0.05, 0.1) is 16.7 Å². The third-order valence-corrected chi connectivity index (χ3v) is 3.60. The molecular formula is C17H12ClF6NO3. The van der Waals surface area contributed by atoms with E-state index in [0.717, 1.165) is 6.07 Å². The van der Waals surface area contributed by atoms with Crippen molar-refractivity contribution in [1.82, 2.24) is 0 Å². The second kappa shape index (κ2) is 8.27. The van der Waals surface area contributed by atoms with Crippen molar-refractivity contribution in [2.75, 3.05) is 19.2 Å². The van der Waals surface area contributed by atoms with Crippen LogP contribution in [0.25, 0.3) is 0 Å². The summed E-state index contributed by atoms with van der Waals surface area (Å²) in [6.07, 6.45) is -10.1. The first-order valence-electron chi connectivity index (χ1n) is 7.44. The molecule has 0 aliphatic heterocycles. The minimum Gasteiger partial charge on any atom is -0.467 e. The van der Waals surface area contributed by atoms with Crippen molar-refractivity contribution in [3.63, 3.8) is 0 Å². The van der Waals surface area contributed by atoms with E-state index in [9.17, 15) is 31.1 Å². The van der Waals surface area contributed by atoms with Gasteiger partial charge >= 0.3 is 12.4 Å². The van der Waals surface area contributed by atoms with Gasteiger partial charge in [0.2, 0.25) is 0 Å². The van der Waals surface area contributed by atoms with E-state index in [0.29, 0.717) is 12.1 Å². The van der Waals surface area contributed by atoms with Crippen LogP contribution in [0.5, 0.6) is 5.75 Å². The van der Waals surface area contributed by atoms with Crippen LogP contribution in [0.15, 0.2) is 36.4 Å². The Labute approximate surface area is 160 Å². The fourth-order valence-electron chi connectivity index (χ4n) is 2.15. The molecule has 28 heavy (non-hydrogen) atoms. The van der Waals surface area contributed by atoms with Crippen LogP contribution in [0.3, 0.4) is 0 Å². The van der Waals surface area contributed by atoms with E-state index in [4.69, 9.17) is 21.1 Å². The van der Waals surface area contributed by atoms with Gasteiger partial charge in [-0.2, -0.15) is 26.3 Å². The summed E-state index contributed by atoms with van der Waals surface area (Å²) >= 11 is 5.80. The van der Waals surface area contributed by atoms with Gasteiger partial charge in [0.1, 0.15) is 5.75 Å². The van der Waals surface area contributed by atoms with Gasteiger partial charge in [-0.1, -0.05) is 11.6 Å². The third kappa shape index (κ3) is 5.52. The fraction of sp³-hybridized carbons (Fsp3) is 0.235. The average Bonchev–Trinajstić information content (AvgIpc) is 2.58. The van der Waals surface area contributed by atoms with Gasteiger partial charge in [0.15, 0.2) is 6.79 Å². The summed E-state index contributed by atoms with van der Waals surface area (Å²) in [5, 5.41) is 2.12. The molecule has 0 aromatic heterocycles. The lowest BCUT2D eigenvalue weighted by molar-refractivity contribution is -0.143. The number of rotatable bonds is 5. The van der Waals surface area contributed by atoms with E-state index < -0.39 is 35.1 Å². The summed E-state index contributed by atoms with van der Waals surface area (Å²) < 4.78 is 87.4. The molecule has 0 unspecified atom stereocenters. The number of carbonyl (C=O) groups is 1. The monoisotopic (exact) mass is 427 g/mol. The molecule has 2 aromatic carbocycles. The number of benzene rings is 2. The predicted octanol–water partition coefficient (Wildman–Crippen LogP) is 5.61. The van der Waals surface area contributed by atoms with E-state index >= 15 is 0 Å². The average molecular weight is 428 g/mol. The summed E-state index contributed by atoms with van der Waals surface area (Å²) in [5.74, 6) is -1.03. The zero-order valence-corrected chi connectivity index (χ0v) is 14.8. The highest BCUT2D eigenvalue weighted by atomic mass is 35.5. The summed E-state index contributed by atoms with van der Waals surface area (Å²) in [7, 11) is 1.32. The highest BCUT2D eigenvalue weighted by molar-refractivity contribution is 6.31. The van der Waals surface area contributed by atoms with Gasteiger partial charge < -0.3 is 14.8 Å². The van der Waals surface area contributed by atoms with E-state index in [1.165, 1.54) is 19.2 Å². The van der Waals surface area contributed by atoms with Crippen molar-refractivity contribution in [2.24, 2.45) is 0 Å². The van der Waals surface area contributed by atoms with Crippen LogP contribution >= 0.6 is 11.6 Å². The van der Waals surface area contributed by atoms with E-state index in [1.807, 2.05) is 5.32 Å². The number of amides is 1. The summed E-state index contributed by atoms with van der Waals surface area (Å²) in [6, 6.07) is 4.60. The Bertz CT molecular complexity index is 835. The molecular weight excluding hydrogens is 416 g/mol. The molecule has 152 valence electrons. The number of anilines is 1. The van der Waals surface area contributed by atoms with Crippen LogP contribution in [0.2, 0.25) is 5.02 Å². The van der Waals surface area contributed by atoms with Crippen LogP contribution in [-0.2, 0) is 17.1 Å². The highest BCUT2D eigenvalue weighted by Gasteiger charge is 2.37. The molecule has 1 amide bonds. The van der Waals surface area contributed by atoms with Crippen LogP contribution in [0, 0.1) is 0 Å². The fourth-order valence-corrected chi connectivity index (χ4v) is 2.33. The molecule has 2 rings (SSSR count). The zero-order chi connectivity index (χ0) is 21.1.